The van der Waals surface area contributed by atoms with Gasteiger partial charge in [-0.05, 0) is 31.2 Å². The number of rotatable bonds is 5. The van der Waals surface area contributed by atoms with Gasteiger partial charge in [-0.1, -0.05) is 35.9 Å². The van der Waals surface area contributed by atoms with Gasteiger partial charge in [0.25, 0.3) is 0 Å². The zero-order valence-corrected chi connectivity index (χ0v) is 12.7. The normalized spacial score (nSPS) is 10.3. The molecule has 0 saturated heterocycles. The maximum absolute atomic E-state index is 5.74. The first-order chi connectivity index (χ1) is 11.2. The van der Waals surface area contributed by atoms with Crippen molar-refractivity contribution in [1.29, 1.82) is 0 Å². The van der Waals surface area contributed by atoms with Gasteiger partial charge in [0.1, 0.15) is 12.4 Å². The number of para-hydroxylation sites is 1. The minimum atomic E-state index is 0.154. The molecule has 3 aromatic rings. The average molecular weight is 307 g/mol. The molecule has 6 heteroatoms. The Kier molecular flexibility index (Phi) is 4.33. The lowest BCUT2D eigenvalue weighted by Crippen LogP contribution is -2.09. The van der Waals surface area contributed by atoms with E-state index in [0.717, 1.165) is 11.4 Å². The lowest BCUT2D eigenvalue weighted by Gasteiger charge is -2.08. The van der Waals surface area contributed by atoms with Crippen LogP contribution in [0.1, 0.15) is 11.4 Å². The molecule has 6 nitrogen and oxygen atoms in total. The van der Waals surface area contributed by atoms with Crippen LogP contribution in [0.5, 0.6) is 5.75 Å². The van der Waals surface area contributed by atoms with Crippen LogP contribution in [-0.4, -0.2) is 15.0 Å². The van der Waals surface area contributed by atoms with Crippen molar-refractivity contribution in [3.05, 3.63) is 66.0 Å². The molecule has 116 valence electrons. The number of nitrogens with one attached hydrogen (secondary N) is 1. The fourth-order valence-corrected chi connectivity index (χ4v) is 1.99. The second-order valence-corrected chi connectivity index (χ2v) is 5.03. The summed E-state index contributed by atoms with van der Waals surface area (Å²) >= 11 is 0. The molecule has 0 aliphatic carbocycles. The van der Waals surface area contributed by atoms with E-state index in [4.69, 9.17) is 10.5 Å². The quantitative estimate of drug-likeness (QED) is 0.753. The van der Waals surface area contributed by atoms with Gasteiger partial charge in [0.15, 0.2) is 5.82 Å². The van der Waals surface area contributed by atoms with Gasteiger partial charge >= 0.3 is 0 Å². The van der Waals surface area contributed by atoms with Crippen molar-refractivity contribution < 1.29 is 4.74 Å². The highest BCUT2D eigenvalue weighted by molar-refractivity contribution is 5.53. The van der Waals surface area contributed by atoms with E-state index >= 15 is 0 Å². The molecule has 0 bridgehead atoms. The summed E-state index contributed by atoms with van der Waals surface area (Å²) in [4.78, 5) is 12.5. The van der Waals surface area contributed by atoms with Gasteiger partial charge in [-0.25, -0.2) is 0 Å². The van der Waals surface area contributed by atoms with Crippen LogP contribution < -0.4 is 15.8 Å². The van der Waals surface area contributed by atoms with Crippen LogP contribution in [0.15, 0.2) is 54.6 Å². The number of nitrogens with two attached hydrogens (primary N) is 1. The van der Waals surface area contributed by atoms with Gasteiger partial charge in [0, 0.05) is 5.69 Å². The fraction of sp³-hybridized carbons (Fsp3) is 0.118. The van der Waals surface area contributed by atoms with Crippen molar-refractivity contribution in [2.45, 2.75) is 13.5 Å². The zero-order chi connectivity index (χ0) is 16.1. The number of hydrogen-bond donors (Lipinski definition) is 2. The molecule has 3 N–H and O–H groups in total. The van der Waals surface area contributed by atoms with Gasteiger partial charge in [0.05, 0.1) is 0 Å². The molecule has 0 unspecified atom stereocenters. The van der Waals surface area contributed by atoms with Crippen LogP contribution in [0.25, 0.3) is 0 Å². The molecule has 0 spiro atoms. The molecule has 0 fully saturated rings. The number of nitrogen functional groups attached to an aromatic ring is 1. The average Bonchev–Trinajstić information content (AvgIpc) is 2.55. The Bertz CT molecular complexity index is 775. The largest absolute Gasteiger partial charge is 0.486 e. The number of nitrogens with zero attached hydrogens (tertiary/aromatic N) is 3. The van der Waals surface area contributed by atoms with Gasteiger partial charge in [-0.3, -0.25) is 0 Å². The molecule has 0 amide bonds. The number of aryl methyl sites for hydroxylation is 1. The molecule has 0 radical (unpaired) electrons. The zero-order valence-electron chi connectivity index (χ0n) is 12.7. The van der Waals surface area contributed by atoms with Crippen LogP contribution in [0.3, 0.4) is 0 Å². The number of benzene rings is 2. The van der Waals surface area contributed by atoms with Crippen molar-refractivity contribution in [2.75, 3.05) is 11.1 Å². The SMILES string of the molecule is Cc1ccc(OCc2nc(N)nc(Nc3ccccc3)n2)cc1. The van der Waals surface area contributed by atoms with Crippen molar-refractivity contribution in [1.82, 2.24) is 15.0 Å². The van der Waals surface area contributed by atoms with Crippen molar-refractivity contribution in [3.8, 4) is 5.75 Å². The van der Waals surface area contributed by atoms with Crippen LogP contribution in [0.4, 0.5) is 17.6 Å². The molecular weight excluding hydrogens is 290 g/mol. The van der Waals surface area contributed by atoms with E-state index in [0.29, 0.717) is 11.8 Å². The summed E-state index contributed by atoms with van der Waals surface area (Å²) in [6.45, 7) is 2.25. The molecule has 2 aromatic carbocycles. The van der Waals surface area contributed by atoms with Gasteiger partial charge in [0.2, 0.25) is 11.9 Å². The summed E-state index contributed by atoms with van der Waals surface area (Å²) in [5.41, 5.74) is 7.80. The Morgan fingerprint density at radius 1 is 0.957 bits per heavy atom. The first kappa shape index (κ1) is 14.8. The maximum atomic E-state index is 5.74. The Morgan fingerprint density at radius 2 is 1.70 bits per heavy atom. The van der Waals surface area contributed by atoms with E-state index in [2.05, 4.69) is 20.3 Å². The van der Waals surface area contributed by atoms with Crippen LogP contribution in [0, 0.1) is 6.92 Å². The third kappa shape index (κ3) is 4.16. The molecule has 1 aromatic heterocycles. The molecule has 3 rings (SSSR count). The molecule has 0 aliphatic rings. The standard InChI is InChI=1S/C17H17N5O/c1-12-7-9-14(10-8-12)23-11-15-20-16(18)22-17(21-15)19-13-5-3-2-4-6-13/h2-10H,11H2,1H3,(H3,18,19,20,21,22). The Hall–Kier alpha value is -3.15. The van der Waals surface area contributed by atoms with E-state index in [1.54, 1.807) is 0 Å². The topological polar surface area (TPSA) is 86.0 Å². The molecule has 1 heterocycles. The third-order valence-electron chi connectivity index (χ3n) is 3.12. The van der Waals surface area contributed by atoms with Crippen LogP contribution >= 0.6 is 0 Å². The number of aromatic nitrogens is 3. The summed E-state index contributed by atoms with van der Waals surface area (Å²) in [5.74, 6) is 1.77. The van der Waals surface area contributed by atoms with Gasteiger partial charge < -0.3 is 15.8 Å². The molecule has 23 heavy (non-hydrogen) atoms. The summed E-state index contributed by atoms with van der Waals surface area (Å²) in [6, 6.07) is 17.4. The van der Waals surface area contributed by atoms with E-state index < -0.39 is 0 Å². The maximum Gasteiger partial charge on any atom is 0.232 e. The van der Waals surface area contributed by atoms with Gasteiger partial charge in [-0.15, -0.1) is 0 Å². The minimum Gasteiger partial charge on any atom is -0.486 e. The van der Waals surface area contributed by atoms with E-state index in [9.17, 15) is 0 Å². The predicted octanol–water partition coefficient (Wildman–Crippen LogP) is 3.08. The van der Waals surface area contributed by atoms with Crippen molar-refractivity contribution in [2.24, 2.45) is 0 Å². The van der Waals surface area contributed by atoms with Crippen molar-refractivity contribution >= 4 is 17.6 Å². The number of hydrogen-bond acceptors (Lipinski definition) is 6. The van der Waals surface area contributed by atoms with E-state index in [1.807, 2.05) is 61.5 Å². The fourth-order valence-electron chi connectivity index (χ4n) is 1.99. The predicted molar refractivity (Wildman–Crippen MR) is 89.5 cm³/mol. The first-order valence-corrected chi connectivity index (χ1v) is 7.21. The lowest BCUT2D eigenvalue weighted by molar-refractivity contribution is 0.296. The number of anilines is 3. The van der Waals surface area contributed by atoms with E-state index in [-0.39, 0.29) is 12.6 Å². The smallest absolute Gasteiger partial charge is 0.232 e. The van der Waals surface area contributed by atoms with Crippen LogP contribution in [0.2, 0.25) is 0 Å². The highest BCUT2D eigenvalue weighted by Gasteiger charge is 2.06. The molecule has 0 aliphatic heterocycles. The number of ether oxygens (including phenoxy) is 1. The second-order valence-electron chi connectivity index (χ2n) is 5.03. The summed E-state index contributed by atoms with van der Waals surface area (Å²) in [7, 11) is 0. The summed E-state index contributed by atoms with van der Waals surface area (Å²) in [6.07, 6.45) is 0. The Morgan fingerprint density at radius 3 is 2.43 bits per heavy atom. The second kappa shape index (κ2) is 6.74. The molecular formula is C17H17N5O. The third-order valence-corrected chi connectivity index (χ3v) is 3.12. The Balaban J connectivity index is 1.71. The van der Waals surface area contributed by atoms with Crippen molar-refractivity contribution in [3.63, 3.8) is 0 Å². The van der Waals surface area contributed by atoms with E-state index in [1.165, 1.54) is 5.56 Å². The van der Waals surface area contributed by atoms with Crippen LogP contribution in [-0.2, 0) is 6.61 Å². The minimum absolute atomic E-state index is 0.154. The molecule has 0 atom stereocenters. The first-order valence-electron chi connectivity index (χ1n) is 7.21. The lowest BCUT2D eigenvalue weighted by atomic mass is 10.2. The molecule has 0 saturated carbocycles. The monoisotopic (exact) mass is 307 g/mol. The Labute approximate surface area is 134 Å². The summed E-state index contributed by atoms with van der Waals surface area (Å²) < 4.78 is 5.67. The van der Waals surface area contributed by atoms with Gasteiger partial charge in [-0.2, -0.15) is 15.0 Å². The highest BCUT2D eigenvalue weighted by atomic mass is 16.5. The summed E-state index contributed by atoms with van der Waals surface area (Å²) in [5, 5.41) is 3.09. The highest BCUT2D eigenvalue weighted by Crippen LogP contribution is 2.15.